The van der Waals surface area contributed by atoms with Crippen molar-refractivity contribution in [2.75, 3.05) is 0 Å². The van der Waals surface area contributed by atoms with Crippen molar-refractivity contribution in [3.8, 4) is 0 Å². The van der Waals surface area contributed by atoms with Gasteiger partial charge in [0, 0.05) is 0 Å². The van der Waals surface area contributed by atoms with E-state index >= 15 is 0 Å². The topological polar surface area (TPSA) is 37.3 Å². The van der Waals surface area contributed by atoms with Crippen molar-refractivity contribution in [1.82, 2.24) is 0 Å². The summed E-state index contributed by atoms with van der Waals surface area (Å²) in [5, 5.41) is 8.64. The summed E-state index contributed by atoms with van der Waals surface area (Å²) in [4.78, 5) is 10.5. The number of carboxylic acids is 1. The van der Waals surface area contributed by atoms with Crippen LogP contribution in [0.25, 0.3) is 0 Å². The van der Waals surface area contributed by atoms with Crippen LogP contribution in [-0.2, 0) is 0 Å². The van der Waals surface area contributed by atoms with Crippen LogP contribution in [0.2, 0.25) is 0 Å². The summed E-state index contributed by atoms with van der Waals surface area (Å²) in [7, 11) is 0. The highest BCUT2D eigenvalue weighted by molar-refractivity contribution is 5.87. The molecule has 1 aromatic carbocycles. The third-order valence-electron chi connectivity index (χ3n) is 2.51. The molecule has 0 amide bonds. The molecule has 0 bridgehead atoms. The van der Waals surface area contributed by atoms with Crippen molar-refractivity contribution in [3.05, 3.63) is 35.4 Å². The fourth-order valence-corrected chi connectivity index (χ4v) is 1.47. The zero-order valence-corrected chi connectivity index (χ0v) is 7.61. The molecule has 1 saturated carbocycles. The molecular formula is C11H11FO2. The first kappa shape index (κ1) is 9.19. The van der Waals surface area contributed by atoms with Crippen LogP contribution in [0, 0.1) is 5.92 Å². The molecule has 2 nitrogen and oxygen atoms in total. The van der Waals surface area contributed by atoms with Gasteiger partial charge in [0.15, 0.2) is 0 Å². The monoisotopic (exact) mass is 194 g/mol. The Morgan fingerprint density at radius 3 is 2.36 bits per heavy atom. The van der Waals surface area contributed by atoms with E-state index in [2.05, 4.69) is 0 Å². The van der Waals surface area contributed by atoms with Crippen LogP contribution in [0.5, 0.6) is 0 Å². The average molecular weight is 194 g/mol. The normalized spacial score (nSPS) is 17.8. The first-order valence-electron chi connectivity index (χ1n) is 4.66. The van der Waals surface area contributed by atoms with Crippen LogP contribution < -0.4 is 0 Å². The van der Waals surface area contributed by atoms with Crippen LogP contribution in [0.3, 0.4) is 0 Å². The van der Waals surface area contributed by atoms with Crippen molar-refractivity contribution in [2.24, 2.45) is 5.92 Å². The lowest BCUT2D eigenvalue weighted by molar-refractivity contribution is 0.0697. The Balaban J connectivity index is 2.16. The van der Waals surface area contributed by atoms with E-state index < -0.39 is 12.1 Å². The van der Waals surface area contributed by atoms with Gasteiger partial charge in [-0.2, -0.15) is 0 Å². The number of carboxylic acid groups (broad SMARTS) is 1. The van der Waals surface area contributed by atoms with Crippen LogP contribution >= 0.6 is 0 Å². The molecular weight excluding hydrogens is 183 g/mol. The van der Waals surface area contributed by atoms with Crippen molar-refractivity contribution in [2.45, 2.75) is 19.0 Å². The highest BCUT2D eigenvalue weighted by Crippen LogP contribution is 2.43. The molecule has 0 aromatic heterocycles. The fraction of sp³-hybridized carbons (Fsp3) is 0.364. The predicted octanol–water partition coefficient (Wildman–Crippen LogP) is 2.81. The van der Waals surface area contributed by atoms with Crippen molar-refractivity contribution in [3.63, 3.8) is 0 Å². The highest BCUT2D eigenvalue weighted by Gasteiger charge is 2.32. The van der Waals surface area contributed by atoms with Gasteiger partial charge in [0.05, 0.1) is 5.56 Å². The first-order chi connectivity index (χ1) is 6.68. The minimum absolute atomic E-state index is 0.158. The molecule has 74 valence electrons. The Labute approximate surface area is 81.4 Å². The minimum Gasteiger partial charge on any atom is -0.478 e. The number of alkyl halides is 1. The molecule has 2 rings (SSSR count). The summed E-state index contributed by atoms with van der Waals surface area (Å²) in [6, 6.07) is 6.03. The second-order valence-corrected chi connectivity index (χ2v) is 3.67. The van der Waals surface area contributed by atoms with Gasteiger partial charge in [-0.25, -0.2) is 9.18 Å². The summed E-state index contributed by atoms with van der Waals surface area (Å²) < 4.78 is 13.5. The minimum atomic E-state index is -0.974. The smallest absolute Gasteiger partial charge is 0.335 e. The Hall–Kier alpha value is -1.38. The maximum absolute atomic E-state index is 13.5. The molecule has 1 aliphatic carbocycles. The molecule has 1 fully saturated rings. The Morgan fingerprint density at radius 2 is 1.93 bits per heavy atom. The third-order valence-corrected chi connectivity index (χ3v) is 2.51. The van der Waals surface area contributed by atoms with E-state index in [0.717, 1.165) is 12.8 Å². The summed E-state index contributed by atoms with van der Waals surface area (Å²) in [6.45, 7) is 0. The Morgan fingerprint density at radius 1 is 1.36 bits per heavy atom. The van der Waals surface area contributed by atoms with E-state index in [1.807, 2.05) is 0 Å². The van der Waals surface area contributed by atoms with E-state index in [9.17, 15) is 9.18 Å². The molecule has 1 unspecified atom stereocenters. The maximum atomic E-state index is 13.5. The molecule has 1 aliphatic rings. The highest BCUT2D eigenvalue weighted by atomic mass is 19.1. The molecule has 1 atom stereocenters. The van der Waals surface area contributed by atoms with E-state index in [1.54, 1.807) is 12.1 Å². The van der Waals surface area contributed by atoms with Gasteiger partial charge in [0.1, 0.15) is 6.17 Å². The summed E-state index contributed by atoms with van der Waals surface area (Å²) in [6.07, 6.45) is 0.974. The fourth-order valence-electron chi connectivity index (χ4n) is 1.47. The Bertz CT molecular complexity index is 341. The molecule has 1 aromatic rings. The lowest BCUT2D eigenvalue weighted by atomic mass is 10.0. The van der Waals surface area contributed by atoms with Crippen LogP contribution in [0.1, 0.15) is 34.9 Å². The molecule has 0 spiro atoms. The van der Waals surface area contributed by atoms with Crippen molar-refractivity contribution >= 4 is 5.97 Å². The number of rotatable bonds is 3. The number of halogens is 1. The second-order valence-electron chi connectivity index (χ2n) is 3.67. The quantitative estimate of drug-likeness (QED) is 0.803. The van der Waals surface area contributed by atoms with Crippen molar-refractivity contribution < 1.29 is 14.3 Å². The summed E-state index contributed by atoms with van der Waals surface area (Å²) >= 11 is 0. The van der Waals surface area contributed by atoms with Gasteiger partial charge in [-0.15, -0.1) is 0 Å². The van der Waals surface area contributed by atoms with Gasteiger partial charge in [-0.05, 0) is 36.5 Å². The molecule has 0 saturated heterocycles. The Kier molecular flexibility index (Phi) is 2.23. The third kappa shape index (κ3) is 1.76. The molecule has 1 N–H and O–H groups in total. The standard InChI is InChI=1S/C11H11FO2/c12-10(7-1-2-7)8-3-5-9(6-4-8)11(13)14/h3-7,10H,1-2H2,(H,13,14). The summed E-state index contributed by atoms with van der Waals surface area (Å²) in [5.41, 5.74) is 0.800. The van der Waals surface area contributed by atoms with Crippen LogP contribution in [0.15, 0.2) is 24.3 Å². The molecule has 0 aliphatic heterocycles. The number of aromatic carboxylic acids is 1. The zero-order valence-electron chi connectivity index (χ0n) is 7.61. The largest absolute Gasteiger partial charge is 0.478 e. The van der Waals surface area contributed by atoms with E-state index in [-0.39, 0.29) is 11.5 Å². The average Bonchev–Trinajstić information content (AvgIpc) is 3.00. The number of hydrogen-bond acceptors (Lipinski definition) is 1. The second kappa shape index (κ2) is 3.40. The number of hydrogen-bond donors (Lipinski definition) is 1. The summed E-state index contributed by atoms with van der Waals surface area (Å²) in [5.74, 6) is -0.816. The predicted molar refractivity (Wildman–Crippen MR) is 50.0 cm³/mol. The molecule has 0 heterocycles. The lowest BCUT2D eigenvalue weighted by Gasteiger charge is -2.06. The van der Waals surface area contributed by atoms with Crippen LogP contribution in [0.4, 0.5) is 4.39 Å². The van der Waals surface area contributed by atoms with Gasteiger partial charge in [-0.3, -0.25) is 0 Å². The lowest BCUT2D eigenvalue weighted by Crippen LogP contribution is -1.98. The van der Waals surface area contributed by atoms with E-state index in [4.69, 9.17) is 5.11 Å². The maximum Gasteiger partial charge on any atom is 0.335 e. The van der Waals surface area contributed by atoms with Gasteiger partial charge in [-0.1, -0.05) is 12.1 Å². The van der Waals surface area contributed by atoms with Gasteiger partial charge in [0.2, 0.25) is 0 Å². The van der Waals surface area contributed by atoms with Gasteiger partial charge in [0.25, 0.3) is 0 Å². The van der Waals surface area contributed by atoms with Gasteiger partial charge < -0.3 is 5.11 Å². The molecule has 0 radical (unpaired) electrons. The van der Waals surface area contributed by atoms with Crippen LogP contribution in [-0.4, -0.2) is 11.1 Å². The SMILES string of the molecule is O=C(O)c1ccc(C(F)C2CC2)cc1. The number of benzene rings is 1. The van der Waals surface area contributed by atoms with E-state index in [0.29, 0.717) is 5.56 Å². The van der Waals surface area contributed by atoms with Gasteiger partial charge >= 0.3 is 5.97 Å². The number of carbonyl (C=O) groups is 1. The van der Waals surface area contributed by atoms with E-state index in [1.165, 1.54) is 12.1 Å². The first-order valence-corrected chi connectivity index (χ1v) is 4.66. The molecule has 14 heavy (non-hydrogen) atoms. The zero-order chi connectivity index (χ0) is 10.1. The molecule has 3 heteroatoms. The van der Waals surface area contributed by atoms with Crippen molar-refractivity contribution in [1.29, 1.82) is 0 Å².